The maximum absolute atomic E-state index is 11.4. The van der Waals surface area contributed by atoms with E-state index < -0.39 is 0 Å². The third-order valence-corrected chi connectivity index (χ3v) is 3.81. The van der Waals surface area contributed by atoms with Crippen LogP contribution in [-0.4, -0.2) is 15.7 Å². The lowest BCUT2D eigenvalue weighted by molar-refractivity contribution is 0.111. The van der Waals surface area contributed by atoms with Crippen LogP contribution in [0.4, 0.5) is 0 Å². The Kier molecular flexibility index (Phi) is 3.57. The van der Waals surface area contributed by atoms with E-state index in [1.165, 1.54) is 11.1 Å². The summed E-state index contributed by atoms with van der Waals surface area (Å²) in [5.74, 6) is 0. The van der Waals surface area contributed by atoms with Crippen molar-refractivity contribution in [3.05, 3.63) is 70.7 Å². The first kappa shape index (κ1) is 13.6. The molecule has 0 aliphatic rings. The van der Waals surface area contributed by atoms with E-state index in [2.05, 4.69) is 36.2 Å². The summed E-state index contributed by atoms with van der Waals surface area (Å²) in [6.45, 7) is 4.17. The maximum atomic E-state index is 11.4. The highest BCUT2D eigenvalue weighted by Crippen LogP contribution is 2.17. The number of aldehydes is 1. The molecule has 0 saturated heterocycles. The molecule has 0 bridgehead atoms. The van der Waals surface area contributed by atoms with Crippen LogP contribution in [-0.2, 0) is 12.8 Å². The second kappa shape index (κ2) is 5.52. The van der Waals surface area contributed by atoms with Gasteiger partial charge in [-0.05, 0) is 42.2 Å². The molecule has 0 radical (unpaired) electrons. The summed E-state index contributed by atoms with van der Waals surface area (Å²) in [4.78, 5) is 16.0. The van der Waals surface area contributed by atoms with Crippen LogP contribution in [0.2, 0.25) is 0 Å². The third kappa shape index (κ3) is 2.59. The largest absolute Gasteiger partial charge is 0.297 e. The number of rotatable bonds is 4. The minimum absolute atomic E-state index is 0.643. The van der Waals surface area contributed by atoms with Gasteiger partial charge in [0.15, 0.2) is 6.29 Å². The Balaban J connectivity index is 2.00. The summed E-state index contributed by atoms with van der Waals surface area (Å²) in [6.07, 6.45) is 4.52. The first-order chi connectivity index (χ1) is 10.2. The molecular formula is C18H18N2O. The smallest absolute Gasteiger partial charge is 0.168 e. The minimum Gasteiger partial charge on any atom is -0.297 e. The van der Waals surface area contributed by atoms with Gasteiger partial charge >= 0.3 is 0 Å². The number of aryl methyl sites for hydroxylation is 2. The van der Waals surface area contributed by atoms with E-state index in [1.54, 1.807) is 0 Å². The van der Waals surface area contributed by atoms with Gasteiger partial charge in [0.05, 0.1) is 5.69 Å². The zero-order chi connectivity index (χ0) is 14.8. The number of aromatic nitrogens is 2. The number of hydrogen-bond acceptors (Lipinski definition) is 2. The van der Waals surface area contributed by atoms with Crippen molar-refractivity contribution in [3.63, 3.8) is 0 Å². The van der Waals surface area contributed by atoms with Crippen molar-refractivity contribution in [3.8, 4) is 0 Å². The van der Waals surface area contributed by atoms with Crippen LogP contribution < -0.4 is 0 Å². The molecule has 0 unspecified atom stereocenters. The quantitative estimate of drug-likeness (QED) is 0.683. The topological polar surface area (TPSA) is 34.4 Å². The number of nitrogens with zero attached hydrogens (tertiary/aromatic N) is 2. The number of fused-ring (bicyclic) bond motifs is 1. The van der Waals surface area contributed by atoms with Gasteiger partial charge in [-0.25, -0.2) is 4.98 Å². The van der Waals surface area contributed by atoms with Gasteiger partial charge in [-0.2, -0.15) is 0 Å². The normalized spacial score (nSPS) is 11.0. The highest BCUT2D eigenvalue weighted by atomic mass is 16.1. The zero-order valence-electron chi connectivity index (χ0n) is 12.3. The Morgan fingerprint density at radius 2 is 1.86 bits per heavy atom. The van der Waals surface area contributed by atoms with Crippen molar-refractivity contribution in [1.82, 2.24) is 9.38 Å². The Morgan fingerprint density at radius 3 is 2.52 bits per heavy atom. The molecule has 0 spiro atoms. The minimum atomic E-state index is 0.643. The van der Waals surface area contributed by atoms with Crippen molar-refractivity contribution in [1.29, 1.82) is 0 Å². The van der Waals surface area contributed by atoms with E-state index in [0.717, 1.165) is 29.6 Å². The standard InChI is InChI=1S/C18H18N2O/c1-3-14-4-6-15(7-5-14)11-16-17(12-21)20-9-8-13(2)10-18(20)19-16/h4-10,12H,3,11H2,1-2H3. The van der Waals surface area contributed by atoms with Gasteiger partial charge in [0.2, 0.25) is 0 Å². The van der Waals surface area contributed by atoms with Crippen molar-refractivity contribution < 1.29 is 4.79 Å². The Morgan fingerprint density at radius 1 is 1.14 bits per heavy atom. The van der Waals surface area contributed by atoms with Gasteiger partial charge in [-0.1, -0.05) is 31.2 Å². The highest BCUT2D eigenvalue weighted by Gasteiger charge is 2.12. The number of benzene rings is 1. The molecule has 0 amide bonds. The molecule has 2 heterocycles. The molecule has 3 aromatic rings. The number of imidazole rings is 1. The Hall–Kier alpha value is -2.42. The van der Waals surface area contributed by atoms with E-state index in [1.807, 2.05) is 29.7 Å². The van der Waals surface area contributed by atoms with Crippen LogP contribution >= 0.6 is 0 Å². The van der Waals surface area contributed by atoms with Crippen molar-refractivity contribution >= 4 is 11.9 Å². The fourth-order valence-corrected chi connectivity index (χ4v) is 2.56. The van der Waals surface area contributed by atoms with E-state index >= 15 is 0 Å². The van der Waals surface area contributed by atoms with E-state index in [4.69, 9.17) is 0 Å². The van der Waals surface area contributed by atoms with Crippen molar-refractivity contribution in [2.45, 2.75) is 26.7 Å². The highest BCUT2D eigenvalue weighted by molar-refractivity contribution is 5.76. The fraction of sp³-hybridized carbons (Fsp3) is 0.222. The van der Waals surface area contributed by atoms with Crippen molar-refractivity contribution in [2.75, 3.05) is 0 Å². The Bertz CT molecular complexity index is 785. The van der Waals surface area contributed by atoms with Crippen LogP contribution in [0.3, 0.4) is 0 Å². The second-order valence-corrected chi connectivity index (χ2v) is 5.34. The zero-order valence-corrected chi connectivity index (χ0v) is 12.3. The third-order valence-electron chi connectivity index (χ3n) is 3.81. The summed E-state index contributed by atoms with van der Waals surface area (Å²) >= 11 is 0. The molecule has 3 heteroatoms. The molecule has 1 aromatic carbocycles. The lowest BCUT2D eigenvalue weighted by Crippen LogP contribution is -1.96. The van der Waals surface area contributed by atoms with E-state index in [-0.39, 0.29) is 0 Å². The summed E-state index contributed by atoms with van der Waals surface area (Å²) in [5, 5.41) is 0. The summed E-state index contributed by atoms with van der Waals surface area (Å²) in [6, 6.07) is 12.5. The van der Waals surface area contributed by atoms with Gasteiger partial charge in [0.1, 0.15) is 11.3 Å². The average Bonchev–Trinajstić information content (AvgIpc) is 2.84. The lowest BCUT2D eigenvalue weighted by atomic mass is 10.1. The first-order valence-electron chi connectivity index (χ1n) is 7.22. The molecule has 0 aliphatic carbocycles. The molecule has 106 valence electrons. The van der Waals surface area contributed by atoms with Crippen LogP contribution in [0.1, 0.15) is 39.8 Å². The second-order valence-electron chi connectivity index (χ2n) is 5.34. The van der Waals surface area contributed by atoms with Crippen LogP contribution in [0.15, 0.2) is 42.6 Å². The lowest BCUT2D eigenvalue weighted by Gasteiger charge is -2.01. The molecule has 3 nitrogen and oxygen atoms in total. The van der Waals surface area contributed by atoms with Gasteiger partial charge in [0.25, 0.3) is 0 Å². The van der Waals surface area contributed by atoms with Gasteiger partial charge in [-0.3, -0.25) is 9.20 Å². The SMILES string of the molecule is CCc1ccc(Cc2nc3cc(C)ccn3c2C=O)cc1. The van der Waals surface area contributed by atoms with Crippen molar-refractivity contribution in [2.24, 2.45) is 0 Å². The monoisotopic (exact) mass is 278 g/mol. The molecule has 3 rings (SSSR count). The average molecular weight is 278 g/mol. The number of carbonyl (C=O) groups is 1. The predicted molar refractivity (Wildman–Crippen MR) is 83.9 cm³/mol. The molecule has 2 aromatic heterocycles. The van der Waals surface area contributed by atoms with Crippen LogP contribution in [0.5, 0.6) is 0 Å². The molecule has 21 heavy (non-hydrogen) atoms. The number of carbonyl (C=O) groups excluding carboxylic acids is 1. The number of hydrogen-bond donors (Lipinski definition) is 0. The summed E-state index contributed by atoms with van der Waals surface area (Å²) in [5.41, 5.74) is 5.95. The van der Waals surface area contributed by atoms with Gasteiger partial charge in [0, 0.05) is 12.6 Å². The molecule has 0 N–H and O–H groups in total. The molecule has 0 atom stereocenters. The first-order valence-corrected chi connectivity index (χ1v) is 7.22. The Labute approximate surface area is 124 Å². The van der Waals surface area contributed by atoms with Gasteiger partial charge < -0.3 is 0 Å². The predicted octanol–water partition coefficient (Wildman–Crippen LogP) is 3.61. The molecule has 0 saturated carbocycles. The number of pyridine rings is 1. The summed E-state index contributed by atoms with van der Waals surface area (Å²) < 4.78 is 1.86. The molecular weight excluding hydrogens is 260 g/mol. The maximum Gasteiger partial charge on any atom is 0.168 e. The molecule has 0 aliphatic heterocycles. The van der Waals surface area contributed by atoms with Crippen LogP contribution in [0.25, 0.3) is 5.65 Å². The van der Waals surface area contributed by atoms with E-state index in [0.29, 0.717) is 12.1 Å². The summed E-state index contributed by atoms with van der Waals surface area (Å²) in [7, 11) is 0. The molecule has 0 fully saturated rings. The fourth-order valence-electron chi connectivity index (χ4n) is 2.56. The van der Waals surface area contributed by atoms with E-state index in [9.17, 15) is 4.79 Å². The van der Waals surface area contributed by atoms with Crippen LogP contribution in [0, 0.1) is 6.92 Å². The van der Waals surface area contributed by atoms with Gasteiger partial charge in [-0.15, -0.1) is 0 Å².